The molecule has 1 aromatic rings. The van der Waals surface area contributed by atoms with Gasteiger partial charge in [-0.15, -0.1) is 0 Å². The van der Waals surface area contributed by atoms with Crippen molar-refractivity contribution < 1.29 is 0 Å². The van der Waals surface area contributed by atoms with E-state index in [-0.39, 0.29) is 6.04 Å². The molecule has 1 aromatic heterocycles. The molecule has 0 bridgehead atoms. The summed E-state index contributed by atoms with van der Waals surface area (Å²) in [7, 11) is 0. The van der Waals surface area contributed by atoms with Gasteiger partial charge < -0.3 is 10.6 Å². The Kier molecular flexibility index (Phi) is 2.79. The maximum Gasteiger partial charge on any atom is 0.133 e. The number of pyridine rings is 1. The van der Waals surface area contributed by atoms with Crippen LogP contribution in [0.3, 0.4) is 0 Å². The number of nitrogens with two attached hydrogens (primary N) is 1. The van der Waals surface area contributed by atoms with Crippen LogP contribution in [0.15, 0.2) is 18.3 Å². The minimum atomic E-state index is 0.0686. The lowest BCUT2D eigenvalue weighted by molar-refractivity contribution is 0.494. The first-order valence-electron chi connectivity index (χ1n) is 6.71. The average molecular weight is 231 g/mol. The summed E-state index contributed by atoms with van der Waals surface area (Å²) >= 11 is 0. The zero-order chi connectivity index (χ0) is 11.8. The normalized spacial score (nSPS) is 29.4. The molecule has 0 amide bonds. The summed E-state index contributed by atoms with van der Waals surface area (Å²) in [6, 6.07) is 4.17. The van der Waals surface area contributed by atoms with E-state index >= 15 is 0 Å². The van der Waals surface area contributed by atoms with E-state index in [0.717, 1.165) is 17.7 Å². The summed E-state index contributed by atoms with van der Waals surface area (Å²) in [5.41, 5.74) is 7.22. The van der Waals surface area contributed by atoms with Crippen molar-refractivity contribution >= 4 is 5.82 Å². The Hall–Kier alpha value is -1.09. The van der Waals surface area contributed by atoms with Gasteiger partial charge in [-0.05, 0) is 37.7 Å². The Morgan fingerprint density at radius 1 is 1.35 bits per heavy atom. The van der Waals surface area contributed by atoms with Crippen molar-refractivity contribution in [3.8, 4) is 0 Å². The van der Waals surface area contributed by atoms with Crippen LogP contribution in [0, 0.1) is 11.8 Å². The average Bonchev–Trinajstić information content (AvgIpc) is 2.88. The molecule has 3 atom stereocenters. The maximum absolute atomic E-state index is 6.03. The zero-order valence-corrected chi connectivity index (χ0v) is 10.5. The smallest absolute Gasteiger partial charge is 0.133 e. The molecule has 2 N–H and O–H groups in total. The van der Waals surface area contributed by atoms with Crippen LogP contribution in [0.25, 0.3) is 0 Å². The number of nitrogens with zero attached hydrogens (tertiary/aromatic N) is 2. The first-order valence-corrected chi connectivity index (χ1v) is 6.71. The molecule has 17 heavy (non-hydrogen) atoms. The van der Waals surface area contributed by atoms with E-state index in [1.165, 1.54) is 37.9 Å². The lowest BCUT2D eigenvalue weighted by Gasteiger charge is -2.22. The fourth-order valence-corrected chi connectivity index (χ4v) is 3.44. The number of anilines is 1. The standard InChI is InChI=1S/C14H21N3/c1-10(15)13-6-3-7-16-14(13)17-8-11-4-2-5-12(11)9-17/h3,6-7,10-12H,2,4-5,8-9,15H2,1H3/t10-,11?,12?/m1/s1. The number of fused-ring (bicyclic) bond motifs is 1. The van der Waals surface area contributed by atoms with Crippen molar-refractivity contribution in [1.29, 1.82) is 0 Å². The fourth-order valence-electron chi connectivity index (χ4n) is 3.44. The first-order chi connectivity index (χ1) is 8.25. The summed E-state index contributed by atoms with van der Waals surface area (Å²) in [6.45, 7) is 4.40. The van der Waals surface area contributed by atoms with Crippen LogP contribution >= 0.6 is 0 Å². The van der Waals surface area contributed by atoms with Crippen molar-refractivity contribution in [3.63, 3.8) is 0 Å². The second kappa shape index (κ2) is 4.30. The number of aromatic nitrogens is 1. The minimum Gasteiger partial charge on any atom is -0.356 e. The summed E-state index contributed by atoms with van der Waals surface area (Å²) in [4.78, 5) is 7.01. The monoisotopic (exact) mass is 231 g/mol. The highest BCUT2D eigenvalue weighted by Gasteiger charge is 2.37. The molecule has 2 fully saturated rings. The van der Waals surface area contributed by atoms with E-state index in [9.17, 15) is 0 Å². The molecule has 3 rings (SSSR count). The predicted molar refractivity (Wildman–Crippen MR) is 69.9 cm³/mol. The molecule has 0 spiro atoms. The third-order valence-electron chi connectivity index (χ3n) is 4.33. The molecule has 2 unspecified atom stereocenters. The van der Waals surface area contributed by atoms with Gasteiger partial charge >= 0.3 is 0 Å². The van der Waals surface area contributed by atoms with Crippen LogP contribution in [0.1, 0.15) is 37.8 Å². The fraction of sp³-hybridized carbons (Fsp3) is 0.643. The molecular weight excluding hydrogens is 210 g/mol. The summed E-state index contributed by atoms with van der Waals surface area (Å²) < 4.78 is 0. The van der Waals surface area contributed by atoms with Crippen molar-refractivity contribution in [2.45, 2.75) is 32.2 Å². The molecule has 1 aliphatic carbocycles. The lowest BCUT2D eigenvalue weighted by Crippen LogP contribution is -2.24. The predicted octanol–water partition coefficient (Wildman–Crippen LogP) is 2.34. The van der Waals surface area contributed by atoms with Gasteiger partial charge in [0.05, 0.1) is 0 Å². The highest BCUT2D eigenvalue weighted by Crippen LogP contribution is 2.40. The Balaban J connectivity index is 1.85. The van der Waals surface area contributed by atoms with Gasteiger partial charge in [0, 0.05) is 30.9 Å². The van der Waals surface area contributed by atoms with Gasteiger partial charge in [-0.3, -0.25) is 0 Å². The summed E-state index contributed by atoms with van der Waals surface area (Å²) in [5, 5.41) is 0. The topological polar surface area (TPSA) is 42.1 Å². The molecular formula is C14H21N3. The van der Waals surface area contributed by atoms with E-state index in [4.69, 9.17) is 5.73 Å². The van der Waals surface area contributed by atoms with E-state index in [0.29, 0.717) is 0 Å². The summed E-state index contributed by atoms with van der Waals surface area (Å²) in [6.07, 6.45) is 6.11. The molecule has 0 radical (unpaired) electrons. The third-order valence-corrected chi connectivity index (χ3v) is 4.33. The van der Waals surface area contributed by atoms with Gasteiger partial charge in [0.25, 0.3) is 0 Å². The van der Waals surface area contributed by atoms with Gasteiger partial charge in [-0.2, -0.15) is 0 Å². The Labute approximate surface area is 103 Å². The Bertz CT molecular complexity index is 390. The molecule has 1 saturated heterocycles. The molecule has 0 aromatic carbocycles. The largest absolute Gasteiger partial charge is 0.356 e. The molecule has 3 nitrogen and oxygen atoms in total. The van der Waals surface area contributed by atoms with E-state index in [1.807, 2.05) is 19.2 Å². The second-order valence-electron chi connectivity index (χ2n) is 5.56. The van der Waals surface area contributed by atoms with Crippen LogP contribution in [-0.4, -0.2) is 18.1 Å². The molecule has 1 saturated carbocycles. The molecule has 92 valence electrons. The molecule has 2 aliphatic rings. The van der Waals surface area contributed by atoms with Crippen LogP contribution in [-0.2, 0) is 0 Å². The molecule has 2 heterocycles. The molecule has 1 aliphatic heterocycles. The van der Waals surface area contributed by atoms with Crippen LogP contribution < -0.4 is 10.6 Å². The quantitative estimate of drug-likeness (QED) is 0.849. The van der Waals surface area contributed by atoms with Gasteiger partial charge in [-0.25, -0.2) is 4.98 Å². The van der Waals surface area contributed by atoms with Gasteiger partial charge in [-0.1, -0.05) is 12.5 Å². The minimum absolute atomic E-state index is 0.0686. The third kappa shape index (κ3) is 1.93. The van der Waals surface area contributed by atoms with Crippen LogP contribution in [0.2, 0.25) is 0 Å². The van der Waals surface area contributed by atoms with Gasteiger partial charge in [0.1, 0.15) is 5.82 Å². The Morgan fingerprint density at radius 2 is 2.06 bits per heavy atom. The van der Waals surface area contributed by atoms with Crippen LogP contribution in [0.4, 0.5) is 5.82 Å². The zero-order valence-electron chi connectivity index (χ0n) is 10.5. The van der Waals surface area contributed by atoms with Crippen molar-refractivity contribution in [3.05, 3.63) is 23.9 Å². The first kappa shape index (κ1) is 11.0. The van der Waals surface area contributed by atoms with Crippen molar-refractivity contribution in [2.75, 3.05) is 18.0 Å². The maximum atomic E-state index is 6.03. The Morgan fingerprint density at radius 3 is 2.71 bits per heavy atom. The van der Waals surface area contributed by atoms with E-state index in [2.05, 4.69) is 16.0 Å². The van der Waals surface area contributed by atoms with E-state index in [1.54, 1.807) is 0 Å². The highest BCUT2D eigenvalue weighted by molar-refractivity contribution is 5.49. The van der Waals surface area contributed by atoms with Gasteiger partial charge in [0.15, 0.2) is 0 Å². The molecule has 3 heteroatoms. The lowest BCUT2D eigenvalue weighted by atomic mass is 10.0. The number of rotatable bonds is 2. The second-order valence-corrected chi connectivity index (χ2v) is 5.56. The van der Waals surface area contributed by atoms with Crippen LogP contribution in [0.5, 0.6) is 0 Å². The highest BCUT2D eigenvalue weighted by atomic mass is 15.2. The van der Waals surface area contributed by atoms with E-state index < -0.39 is 0 Å². The van der Waals surface area contributed by atoms with Crippen molar-refractivity contribution in [2.24, 2.45) is 17.6 Å². The SMILES string of the molecule is C[C@@H](N)c1cccnc1N1CC2CCCC2C1. The van der Waals surface area contributed by atoms with Gasteiger partial charge in [0.2, 0.25) is 0 Å². The summed E-state index contributed by atoms with van der Waals surface area (Å²) in [5.74, 6) is 2.92. The number of hydrogen-bond acceptors (Lipinski definition) is 3. The number of hydrogen-bond donors (Lipinski definition) is 1. The van der Waals surface area contributed by atoms with Crippen molar-refractivity contribution in [1.82, 2.24) is 4.98 Å².